The quantitative estimate of drug-likeness (QED) is 0.847. The van der Waals surface area contributed by atoms with Gasteiger partial charge in [0.1, 0.15) is 0 Å². The van der Waals surface area contributed by atoms with E-state index in [-0.39, 0.29) is 12.5 Å². The Morgan fingerprint density at radius 2 is 1.67 bits per heavy atom. The van der Waals surface area contributed by atoms with Crippen molar-refractivity contribution in [1.29, 1.82) is 0 Å². The Balaban J connectivity index is 1.96. The summed E-state index contributed by atoms with van der Waals surface area (Å²) in [5, 5.41) is 9.33. The zero-order valence-corrected chi connectivity index (χ0v) is 13.8. The third-order valence-corrected chi connectivity index (χ3v) is 5.30. The molecule has 0 aromatic heterocycles. The molecular formula is C17H32N2O2. The molecule has 0 unspecified atom stereocenters. The predicted octanol–water partition coefficient (Wildman–Crippen LogP) is 2.40. The van der Waals surface area contributed by atoms with E-state index in [4.69, 9.17) is 0 Å². The van der Waals surface area contributed by atoms with E-state index >= 15 is 0 Å². The maximum Gasteiger partial charge on any atom is 0.237 e. The van der Waals surface area contributed by atoms with E-state index in [0.717, 1.165) is 12.8 Å². The average molecular weight is 296 g/mol. The summed E-state index contributed by atoms with van der Waals surface area (Å²) < 4.78 is 0. The van der Waals surface area contributed by atoms with Crippen molar-refractivity contribution in [1.82, 2.24) is 9.80 Å². The van der Waals surface area contributed by atoms with E-state index in [1.165, 1.54) is 38.5 Å². The lowest BCUT2D eigenvalue weighted by Gasteiger charge is -2.41. The van der Waals surface area contributed by atoms with E-state index in [1.54, 1.807) is 0 Å². The van der Waals surface area contributed by atoms with Gasteiger partial charge in [0.2, 0.25) is 5.91 Å². The molecule has 1 saturated heterocycles. The van der Waals surface area contributed by atoms with Gasteiger partial charge >= 0.3 is 0 Å². The molecule has 1 aliphatic carbocycles. The summed E-state index contributed by atoms with van der Waals surface area (Å²) in [4.78, 5) is 17.1. The molecule has 4 nitrogen and oxygen atoms in total. The van der Waals surface area contributed by atoms with Crippen molar-refractivity contribution in [3.63, 3.8) is 0 Å². The lowest BCUT2D eigenvalue weighted by molar-refractivity contribution is -0.139. The Labute approximate surface area is 129 Å². The number of carbonyl (C=O) groups is 1. The number of aliphatic hydroxyl groups is 1. The summed E-state index contributed by atoms with van der Waals surface area (Å²) in [5.41, 5.74) is 0. The number of aliphatic hydroxyl groups excluding tert-OH is 1. The van der Waals surface area contributed by atoms with Gasteiger partial charge < -0.3 is 10.0 Å². The lowest BCUT2D eigenvalue weighted by Crippen LogP contribution is -2.53. The summed E-state index contributed by atoms with van der Waals surface area (Å²) in [6.45, 7) is 5.61. The van der Waals surface area contributed by atoms with Crippen molar-refractivity contribution in [3.05, 3.63) is 0 Å². The highest BCUT2D eigenvalue weighted by molar-refractivity contribution is 5.79. The number of hydrogen-bond acceptors (Lipinski definition) is 3. The fraction of sp³-hybridized carbons (Fsp3) is 0.941. The molecule has 0 radical (unpaired) electrons. The minimum absolute atomic E-state index is 0.148. The van der Waals surface area contributed by atoms with Crippen molar-refractivity contribution in [3.8, 4) is 0 Å². The van der Waals surface area contributed by atoms with Gasteiger partial charge in [-0.25, -0.2) is 0 Å². The van der Waals surface area contributed by atoms with Crippen LogP contribution < -0.4 is 0 Å². The summed E-state index contributed by atoms with van der Waals surface area (Å²) in [7, 11) is 0. The van der Waals surface area contributed by atoms with E-state index in [1.807, 2.05) is 0 Å². The van der Waals surface area contributed by atoms with Crippen LogP contribution in [-0.2, 0) is 4.79 Å². The smallest absolute Gasteiger partial charge is 0.237 e. The lowest BCUT2D eigenvalue weighted by atomic mass is 9.93. The molecule has 0 aromatic rings. The van der Waals surface area contributed by atoms with Crippen LogP contribution in [0.25, 0.3) is 0 Å². The molecule has 0 aromatic carbocycles. The van der Waals surface area contributed by atoms with Crippen molar-refractivity contribution in [2.24, 2.45) is 0 Å². The van der Waals surface area contributed by atoms with Crippen LogP contribution in [0.15, 0.2) is 0 Å². The van der Waals surface area contributed by atoms with Gasteiger partial charge in [0.25, 0.3) is 0 Å². The highest BCUT2D eigenvalue weighted by atomic mass is 16.3. The van der Waals surface area contributed by atoms with Crippen LogP contribution in [0.5, 0.6) is 0 Å². The van der Waals surface area contributed by atoms with Crippen molar-refractivity contribution in [2.45, 2.75) is 83.3 Å². The number of rotatable bonds is 5. The number of piperidine rings is 1. The minimum Gasteiger partial charge on any atom is -0.395 e. The zero-order chi connectivity index (χ0) is 15.2. The van der Waals surface area contributed by atoms with Crippen LogP contribution in [0.3, 0.4) is 0 Å². The molecule has 2 aliphatic rings. The molecule has 1 aliphatic heterocycles. The maximum atomic E-state index is 12.7. The fourth-order valence-electron chi connectivity index (χ4n) is 4.13. The second kappa shape index (κ2) is 8.14. The number of hydrogen-bond donors (Lipinski definition) is 1. The van der Waals surface area contributed by atoms with Crippen LogP contribution in [0.1, 0.15) is 65.2 Å². The first-order valence-corrected chi connectivity index (χ1v) is 8.79. The third kappa shape index (κ3) is 4.43. The average Bonchev–Trinajstić information content (AvgIpc) is 2.47. The van der Waals surface area contributed by atoms with Gasteiger partial charge in [-0.05, 0) is 46.0 Å². The Hall–Kier alpha value is -0.610. The number of carbonyl (C=O) groups excluding carboxylic acids is 1. The Kier molecular flexibility index (Phi) is 6.49. The fourth-order valence-corrected chi connectivity index (χ4v) is 4.13. The first kappa shape index (κ1) is 16.8. The highest BCUT2D eigenvalue weighted by Crippen LogP contribution is 2.25. The van der Waals surface area contributed by atoms with Crippen molar-refractivity contribution >= 4 is 5.91 Å². The van der Waals surface area contributed by atoms with Gasteiger partial charge in [0.15, 0.2) is 0 Å². The van der Waals surface area contributed by atoms with Gasteiger partial charge in [0, 0.05) is 24.7 Å². The molecule has 2 fully saturated rings. The van der Waals surface area contributed by atoms with Crippen molar-refractivity contribution in [2.75, 3.05) is 19.7 Å². The number of nitrogens with zero attached hydrogens (tertiary/aromatic N) is 2. The number of likely N-dealkylation sites (tertiary alicyclic amines) is 1. The topological polar surface area (TPSA) is 43.8 Å². The third-order valence-electron chi connectivity index (χ3n) is 5.30. The van der Waals surface area contributed by atoms with Crippen LogP contribution in [0.4, 0.5) is 0 Å². The normalized spacial score (nSPS) is 28.1. The molecular weight excluding hydrogens is 264 g/mol. The molecule has 2 rings (SSSR count). The SMILES string of the molecule is C[C@@H]1CCC[C@H](C)N1C(=O)CN(CCO)C1CCCCC1. The van der Waals surface area contributed by atoms with Gasteiger partial charge in [-0.2, -0.15) is 0 Å². The summed E-state index contributed by atoms with van der Waals surface area (Å²) in [5.74, 6) is 0.258. The Bertz CT molecular complexity index is 319. The van der Waals surface area contributed by atoms with Crippen LogP contribution in [-0.4, -0.2) is 58.6 Å². The van der Waals surface area contributed by atoms with Gasteiger partial charge in [-0.3, -0.25) is 9.69 Å². The standard InChI is InChI=1S/C17H32N2O2/c1-14-7-6-8-15(2)19(14)17(21)13-18(11-12-20)16-9-4-3-5-10-16/h14-16,20H,3-13H2,1-2H3/t14-,15+. The molecule has 1 heterocycles. The molecule has 1 amide bonds. The van der Waals surface area contributed by atoms with Crippen molar-refractivity contribution < 1.29 is 9.90 Å². The highest BCUT2D eigenvalue weighted by Gasteiger charge is 2.31. The zero-order valence-electron chi connectivity index (χ0n) is 13.8. The minimum atomic E-state index is 0.148. The Morgan fingerprint density at radius 1 is 1.05 bits per heavy atom. The predicted molar refractivity (Wildman–Crippen MR) is 85.2 cm³/mol. The molecule has 1 N–H and O–H groups in total. The summed E-state index contributed by atoms with van der Waals surface area (Å²) >= 11 is 0. The molecule has 2 atom stereocenters. The van der Waals surface area contributed by atoms with Gasteiger partial charge in [-0.1, -0.05) is 19.3 Å². The number of amides is 1. The molecule has 122 valence electrons. The van der Waals surface area contributed by atoms with E-state index in [0.29, 0.717) is 31.2 Å². The molecule has 0 spiro atoms. The van der Waals surface area contributed by atoms with Crippen LogP contribution in [0.2, 0.25) is 0 Å². The second-order valence-corrected chi connectivity index (χ2v) is 6.92. The molecule has 4 heteroatoms. The summed E-state index contributed by atoms with van der Waals surface area (Å²) in [6, 6.07) is 1.22. The largest absolute Gasteiger partial charge is 0.395 e. The van der Waals surface area contributed by atoms with Crippen LogP contribution in [0, 0.1) is 0 Å². The molecule has 1 saturated carbocycles. The second-order valence-electron chi connectivity index (χ2n) is 6.92. The first-order valence-electron chi connectivity index (χ1n) is 8.79. The van der Waals surface area contributed by atoms with Gasteiger partial charge in [0.05, 0.1) is 13.2 Å². The van der Waals surface area contributed by atoms with Gasteiger partial charge in [-0.15, -0.1) is 0 Å². The summed E-state index contributed by atoms with van der Waals surface area (Å²) in [6.07, 6.45) is 9.68. The van der Waals surface area contributed by atoms with E-state index in [9.17, 15) is 9.90 Å². The first-order chi connectivity index (χ1) is 10.1. The van der Waals surface area contributed by atoms with E-state index < -0.39 is 0 Å². The monoisotopic (exact) mass is 296 g/mol. The van der Waals surface area contributed by atoms with Crippen LogP contribution >= 0.6 is 0 Å². The maximum absolute atomic E-state index is 12.7. The Morgan fingerprint density at radius 3 is 2.24 bits per heavy atom. The molecule has 0 bridgehead atoms. The molecule has 21 heavy (non-hydrogen) atoms. The van der Waals surface area contributed by atoms with E-state index in [2.05, 4.69) is 23.6 Å².